The van der Waals surface area contributed by atoms with Gasteiger partial charge in [0.2, 0.25) is 0 Å². The Labute approximate surface area is 154 Å². The van der Waals surface area contributed by atoms with Gasteiger partial charge in [-0.05, 0) is 47.4 Å². The Morgan fingerprint density at radius 3 is 2.31 bits per heavy atom. The van der Waals surface area contributed by atoms with Crippen LogP contribution in [0.5, 0.6) is 0 Å². The second-order valence-electron chi connectivity index (χ2n) is 7.05. The smallest absolute Gasteiger partial charge is 0.176 e. The summed E-state index contributed by atoms with van der Waals surface area (Å²) in [5, 5.41) is 16.6. The Morgan fingerprint density at radius 2 is 1.58 bits per heavy atom. The van der Waals surface area contributed by atoms with Crippen LogP contribution >= 0.6 is 0 Å². The molecule has 1 aromatic heterocycles. The molecule has 0 atom stereocenters. The van der Waals surface area contributed by atoms with Crippen molar-refractivity contribution in [3.63, 3.8) is 0 Å². The second kappa shape index (κ2) is 7.79. The van der Waals surface area contributed by atoms with E-state index in [9.17, 15) is 0 Å². The molecule has 5 heteroatoms. The average Bonchev–Trinajstić information content (AvgIpc) is 3.21. The zero-order chi connectivity index (χ0) is 17.7. The molecular formula is C21H25N5. The van der Waals surface area contributed by atoms with Gasteiger partial charge in [0.25, 0.3) is 0 Å². The van der Waals surface area contributed by atoms with Gasteiger partial charge in [-0.2, -0.15) is 4.68 Å². The van der Waals surface area contributed by atoms with Crippen molar-refractivity contribution in [1.82, 2.24) is 25.5 Å². The molecule has 0 radical (unpaired) electrons. The molecule has 1 aliphatic carbocycles. The number of nitrogens with one attached hydrogen (secondary N) is 1. The SMILES string of the molecule is c1ccc(CCNC2(c3nnnn3-c3ccccc3)CCCCC2)cc1. The maximum atomic E-state index is 4.45. The highest BCUT2D eigenvalue weighted by atomic mass is 15.6. The van der Waals surface area contributed by atoms with Crippen molar-refractivity contribution < 1.29 is 0 Å². The minimum atomic E-state index is -0.146. The van der Waals surface area contributed by atoms with Crippen LogP contribution in [0.25, 0.3) is 5.69 Å². The molecule has 1 fully saturated rings. The lowest BCUT2D eigenvalue weighted by Crippen LogP contribution is -2.47. The van der Waals surface area contributed by atoms with Gasteiger partial charge in [-0.3, -0.25) is 0 Å². The number of nitrogens with zero attached hydrogens (tertiary/aromatic N) is 4. The van der Waals surface area contributed by atoms with Crippen molar-refractivity contribution in [2.24, 2.45) is 0 Å². The van der Waals surface area contributed by atoms with Crippen LogP contribution in [-0.4, -0.2) is 26.8 Å². The number of aromatic nitrogens is 4. The van der Waals surface area contributed by atoms with E-state index in [1.54, 1.807) is 0 Å². The lowest BCUT2D eigenvalue weighted by Gasteiger charge is -2.37. The minimum Gasteiger partial charge on any atom is -0.304 e. The summed E-state index contributed by atoms with van der Waals surface area (Å²) < 4.78 is 1.90. The van der Waals surface area contributed by atoms with E-state index < -0.39 is 0 Å². The normalized spacial score (nSPS) is 16.5. The first-order chi connectivity index (χ1) is 12.9. The minimum absolute atomic E-state index is 0.146. The van der Waals surface area contributed by atoms with Gasteiger partial charge in [0.1, 0.15) is 0 Å². The molecule has 134 valence electrons. The Morgan fingerprint density at radius 1 is 0.885 bits per heavy atom. The molecule has 1 aliphatic rings. The molecule has 0 unspecified atom stereocenters. The van der Waals surface area contributed by atoms with Gasteiger partial charge < -0.3 is 5.32 Å². The summed E-state index contributed by atoms with van der Waals surface area (Å²) >= 11 is 0. The van der Waals surface area contributed by atoms with E-state index in [0.717, 1.165) is 37.3 Å². The summed E-state index contributed by atoms with van der Waals surface area (Å²) in [5.41, 5.74) is 2.22. The van der Waals surface area contributed by atoms with E-state index in [1.165, 1.54) is 24.8 Å². The molecule has 2 aromatic carbocycles. The third kappa shape index (κ3) is 3.53. The van der Waals surface area contributed by atoms with Gasteiger partial charge >= 0.3 is 0 Å². The standard InChI is InChI=1S/C21H25N5/c1-4-10-18(11-5-1)14-17-22-21(15-8-3-9-16-21)20-23-24-25-26(20)19-12-6-2-7-13-19/h1-2,4-7,10-13,22H,3,8-9,14-17H2. The van der Waals surface area contributed by atoms with E-state index >= 15 is 0 Å². The molecule has 5 nitrogen and oxygen atoms in total. The van der Waals surface area contributed by atoms with Crippen LogP contribution in [0.15, 0.2) is 60.7 Å². The summed E-state index contributed by atoms with van der Waals surface area (Å²) in [7, 11) is 0. The third-order valence-corrected chi connectivity index (χ3v) is 5.33. The van der Waals surface area contributed by atoms with Crippen LogP contribution in [0.1, 0.15) is 43.5 Å². The fourth-order valence-corrected chi connectivity index (χ4v) is 3.95. The van der Waals surface area contributed by atoms with Crippen LogP contribution < -0.4 is 5.32 Å². The summed E-state index contributed by atoms with van der Waals surface area (Å²) in [6.45, 7) is 0.922. The summed E-state index contributed by atoms with van der Waals surface area (Å²) in [6.07, 6.45) is 6.87. The van der Waals surface area contributed by atoms with Gasteiger partial charge in [0.15, 0.2) is 5.82 Å². The average molecular weight is 347 g/mol. The number of hydrogen-bond acceptors (Lipinski definition) is 4. The summed E-state index contributed by atoms with van der Waals surface area (Å²) in [6, 6.07) is 20.8. The molecule has 1 saturated carbocycles. The molecule has 1 heterocycles. The molecule has 4 rings (SSSR count). The first-order valence-electron chi connectivity index (χ1n) is 9.51. The highest BCUT2D eigenvalue weighted by molar-refractivity contribution is 5.32. The zero-order valence-corrected chi connectivity index (χ0v) is 15.0. The number of rotatable bonds is 6. The third-order valence-electron chi connectivity index (χ3n) is 5.33. The number of tetrazole rings is 1. The van der Waals surface area contributed by atoms with Crippen molar-refractivity contribution in [1.29, 1.82) is 0 Å². The second-order valence-corrected chi connectivity index (χ2v) is 7.05. The summed E-state index contributed by atoms with van der Waals surface area (Å²) in [4.78, 5) is 0. The quantitative estimate of drug-likeness (QED) is 0.739. The van der Waals surface area contributed by atoms with Crippen molar-refractivity contribution in [2.45, 2.75) is 44.1 Å². The molecule has 26 heavy (non-hydrogen) atoms. The lowest BCUT2D eigenvalue weighted by molar-refractivity contribution is 0.217. The maximum absolute atomic E-state index is 4.45. The Kier molecular flexibility index (Phi) is 5.07. The highest BCUT2D eigenvalue weighted by Crippen LogP contribution is 2.36. The van der Waals surface area contributed by atoms with E-state index in [-0.39, 0.29) is 5.54 Å². The van der Waals surface area contributed by atoms with Gasteiger partial charge in [-0.15, -0.1) is 5.10 Å². The number of para-hydroxylation sites is 1. The maximum Gasteiger partial charge on any atom is 0.176 e. The van der Waals surface area contributed by atoms with Crippen molar-refractivity contribution >= 4 is 0 Å². The van der Waals surface area contributed by atoms with Gasteiger partial charge in [-0.1, -0.05) is 67.8 Å². The Bertz CT molecular complexity index is 807. The Hall–Kier alpha value is -2.53. The van der Waals surface area contributed by atoms with Crippen molar-refractivity contribution in [2.75, 3.05) is 6.54 Å². The van der Waals surface area contributed by atoms with Crippen molar-refractivity contribution in [3.8, 4) is 5.69 Å². The molecule has 0 aliphatic heterocycles. The molecule has 1 N–H and O–H groups in total. The molecule has 0 amide bonds. The Balaban J connectivity index is 1.58. The zero-order valence-electron chi connectivity index (χ0n) is 15.0. The first-order valence-corrected chi connectivity index (χ1v) is 9.51. The van der Waals surface area contributed by atoms with E-state index in [2.05, 4.69) is 63.3 Å². The van der Waals surface area contributed by atoms with Gasteiger partial charge in [0.05, 0.1) is 11.2 Å². The van der Waals surface area contributed by atoms with Crippen LogP contribution in [-0.2, 0) is 12.0 Å². The van der Waals surface area contributed by atoms with E-state index in [0.29, 0.717) is 0 Å². The predicted octanol–water partition coefficient (Wildman–Crippen LogP) is 3.65. The van der Waals surface area contributed by atoms with Gasteiger partial charge in [0, 0.05) is 6.54 Å². The predicted molar refractivity (Wildman–Crippen MR) is 102 cm³/mol. The van der Waals surface area contributed by atoms with E-state index in [4.69, 9.17) is 0 Å². The number of benzene rings is 2. The van der Waals surface area contributed by atoms with Crippen LogP contribution in [0.3, 0.4) is 0 Å². The molecule has 0 saturated heterocycles. The molecule has 0 bridgehead atoms. The first kappa shape index (κ1) is 16.9. The summed E-state index contributed by atoms with van der Waals surface area (Å²) in [5.74, 6) is 0.941. The monoisotopic (exact) mass is 347 g/mol. The number of hydrogen-bond donors (Lipinski definition) is 1. The van der Waals surface area contributed by atoms with Crippen LogP contribution in [0.2, 0.25) is 0 Å². The van der Waals surface area contributed by atoms with Crippen molar-refractivity contribution in [3.05, 3.63) is 72.1 Å². The molecular weight excluding hydrogens is 322 g/mol. The highest BCUT2D eigenvalue weighted by Gasteiger charge is 2.38. The molecule has 0 spiro atoms. The van der Waals surface area contributed by atoms with Crippen LogP contribution in [0, 0.1) is 0 Å². The fourth-order valence-electron chi connectivity index (χ4n) is 3.95. The van der Waals surface area contributed by atoms with Crippen LogP contribution in [0.4, 0.5) is 0 Å². The van der Waals surface area contributed by atoms with Gasteiger partial charge in [-0.25, -0.2) is 0 Å². The molecule has 3 aromatic rings. The van der Waals surface area contributed by atoms with E-state index in [1.807, 2.05) is 22.9 Å². The fraction of sp³-hybridized carbons (Fsp3) is 0.381. The largest absolute Gasteiger partial charge is 0.304 e. The lowest BCUT2D eigenvalue weighted by atomic mass is 9.80. The topological polar surface area (TPSA) is 55.6 Å².